The zero-order valence-electron chi connectivity index (χ0n) is 14.7. The summed E-state index contributed by atoms with van der Waals surface area (Å²) in [5, 5.41) is 11.4. The minimum Gasteiger partial charge on any atom is -0.345 e. The van der Waals surface area contributed by atoms with Gasteiger partial charge in [0, 0.05) is 35.9 Å². The Morgan fingerprint density at radius 3 is 2.70 bits per heavy atom. The summed E-state index contributed by atoms with van der Waals surface area (Å²) in [6.07, 6.45) is 3.29. The van der Waals surface area contributed by atoms with Gasteiger partial charge in [-0.15, -0.1) is 0 Å². The summed E-state index contributed by atoms with van der Waals surface area (Å²) >= 11 is 1.60. The summed E-state index contributed by atoms with van der Waals surface area (Å²) in [6, 6.07) is 13.6. The van der Waals surface area contributed by atoms with Gasteiger partial charge >= 0.3 is 0 Å². The fourth-order valence-corrected chi connectivity index (χ4v) is 3.46. The van der Waals surface area contributed by atoms with E-state index in [9.17, 15) is 4.79 Å². The first-order valence-electron chi connectivity index (χ1n) is 8.42. The van der Waals surface area contributed by atoms with E-state index < -0.39 is 0 Å². The van der Waals surface area contributed by atoms with E-state index in [1.165, 1.54) is 0 Å². The second-order valence-corrected chi connectivity index (χ2v) is 6.73. The number of amides is 1. The van der Waals surface area contributed by atoms with Crippen molar-refractivity contribution in [2.45, 2.75) is 6.54 Å². The standard InChI is InChI=1S/C20H17N5OS/c1-25-18(11-16(24-25)14-5-3-2-4-6-14)20(26)23-12-17-19(22-9-8-21-17)15-7-10-27-13-15/h2-11,13H,12H2,1H3,(H,23,26). The van der Waals surface area contributed by atoms with Gasteiger partial charge in [-0.25, -0.2) is 0 Å². The maximum absolute atomic E-state index is 12.7. The average molecular weight is 375 g/mol. The first-order valence-corrected chi connectivity index (χ1v) is 9.37. The van der Waals surface area contributed by atoms with Gasteiger partial charge in [-0.1, -0.05) is 30.3 Å². The van der Waals surface area contributed by atoms with Gasteiger partial charge in [0.25, 0.3) is 5.91 Å². The molecule has 0 atom stereocenters. The molecule has 4 aromatic rings. The predicted octanol–water partition coefficient (Wildman–Crippen LogP) is 3.54. The third-order valence-electron chi connectivity index (χ3n) is 4.17. The molecule has 7 heteroatoms. The van der Waals surface area contributed by atoms with Crippen LogP contribution in [0.15, 0.2) is 65.6 Å². The van der Waals surface area contributed by atoms with Crippen LogP contribution in [0.4, 0.5) is 0 Å². The van der Waals surface area contributed by atoms with Crippen molar-refractivity contribution in [3.8, 4) is 22.5 Å². The second kappa shape index (κ2) is 7.51. The van der Waals surface area contributed by atoms with Crippen molar-refractivity contribution >= 4 is 17.2 Å². The Bertz CT molecular complexity index is 1060. The molecule has 134 valence electrons. The van der Waals surface area contributed by atoms with Crippen LogP contribution in [0, 0.1) is 0 Å². The van der Waals surface area contributed by atoms with E-state index in [0.29, 0.717) is 12.2 Å². The van der Waals surface area contributed by atoms with Crippen LogP contribution < -0.4 is 5.32 Å². The summed E-state index contributed by atoms with van der Waals surface area (Å²) in [5.74, 6) is -0.200. The quantitative estimate of drug-likeness (QED) is 0.579. The number of rotatable bonds is 5. The number of carbonyl (C=O) groups excluding carboxylic acids is 1. The predicted molar refractivity (Wildman–Crippen MR) is 105 cm³/mol. The maximum atomic E-state index is 12.7. The lowest BCUT2D eigenvalue weighted by Gasteiger charge is -2.08. The van der Waals surface area contributed by atoms with E-state index in [1.807, 2.05) is 47.2 Å². The van der Waals surface area contributed by atoms with Crippen molar-refractivity contribution in [3.63, 3.8) is 0 Å². The zero-order valence-corrected chi connectivity index (χ0v) is 15.5. The second-order valence-electron chi connectivity index (χ2n) is 5.95. The molecule has 0 aliphatic heterocycles. The SMILES string of the molecule is Cn1nc(-c2ccccc2)cc1C(=O)NCc1nccnc1-c1ccsc1. The summed E-state index contributed by atoms with van der Waals surface area (Å²) in [4.78, 5) is 21.5. The highest BCUT2D eigenvalue weighted by Crippen LogP contribution is 2.22. The molecule has 6 nitrogen and oxygen atoms in total. The number of aromatic nitrogens is 4. The number of nitrogens with one attached hydrogen (secondary N) is 1. The molecule has 3 heterocycles. The molecule has 1 aromatic carbocycles. The van der Waals surface area contributed by atoms with E-state index in [-0.39, 0.29) is 5.91 Å². The highest BCUT2D eigenvalue weighted by Gasteiger charge is 2.15. The van der Waals surface area contributed by atoms with E-state index in [1.54, 1.807) is 41.5 Å². The van der Waals surface area contributed by atoms with Gasteiger partial charge in [0.2, 0.25) is 0 Å². The Labute approximate surface area is 160 Å². The first-order chi connectivity index (χ1) is 13.2. The Morgan fingerprint density at radius 2 is 1.93 bits per heavy atom. The average Bonchev–Trinajstić information content (AvgIpc) is 3.37. The summed E-state index contributed by atoms with van der Waals surface area (Å²) in [7, 11) is 1.76. The van der Waals surface area contributed by atoms with Crippen molar-refractivity contribution in [3.05, 3.63) is 77.0 Å². The van der Waals surface area contributed by atoms with E-state index in [2.05, 4.69) is 20.4 Å². The van der Waals surface area contributed by atoms with Gasteiger partial charge in [-0.2, -0.15) is 16.4 Å². The van der Waals surface area contributed by atoms with Gasteiger partial charge in [-0.3, -0.25) is 19.4 Å². The van der Waals surface area contributed by atoms with E-state index >= 15 is 0 Å². The summed E-state index contributed by atoms with van der Waals surface area (Å²) in [6.45, 7) is 0.295. The number of nitrogens with zero attached hydrogens (tertiary/aromatic N) is 4. The molecule has 0 spiro atoms. The maximum Gasteiger partial charge on any atom is 0.269 e. The van der Waals surface area contributed by atoms with Crippen LogP contribution in [0.1, 0.15) is 16.2 Å². The first kappa shape index (κ1) is 17.1. The number of benzene rings is 1. The van der Waals surface area contributed by atoms with Crippen LogP contribution in [0.5, 0.6) is 0 Å². The van der Waals surface area contributed by atoms with Crippen LogP contribution >= 0.6 is 11.3 Å². The van der Waals surface area contributed by atoms with E-state index in [4.69, 9.17) is 0 Å². The molecule has 1 N–H and O–H groups in total. The van der Waals surface area contributed by atoms with Crippen molar-refractivity contribution in [2.24, 2.45) is 7.05 Å². The topological polar surface area (TPSA) is 72.7 Å². The van der Waals surface area contributed by atoms with Crippen molar-refractivity contribution < 1.29 is 4.79 Å². The molecule has 0 aliphatic carbocycles. The normalized spacial score (nSPS) is 10.7. The number of thiophene rings is 1. The minimum atomic E-state index is -0.200. The highest BCUT2D eigenvalue weighted by molar-refractivity contribution is 7.08. The van der Waals surface area contributed by atoms with Gasteiger partial charge < -0.3 is 5.32 Å². The van der Waals surface area contributed by atoms with Gasteiger partial charge in [0.1, 0.15) is 5.69 Å². The van der Waals surface area contributed by atoms with Crippen molar-refractivity contribution in [2.75, 3.05) is 0 Å². The lowest BCUT2D eigenvalue weighted by Crippen LogP contribution is -2.26. The Morgan fingerprint density at radius 1 is 1.11 bits per heavy atom. The number of hydrogen-bond acceptors (Lipinski definition) is 5. The number of aryl methyl sites for hydroxylation is 1. The highest BCUT2D eigenvalue weighted by atomic mass is 32.1. The van der Waals surface area contributed by atoms with Crippen LogP contribution in [-0.4, -0.2) is 25.7 Å². The van der Waals surface area contributed by atoms with Gasteiger partial charge in [0.15, 0.2) is 0 Å². The molecule has 4 rings (SSSR count). The lowest BCUT2D eigenvalue weighted by molar-refractivity contribution is 0.0941. The lowest BCUT2D eigenvalue weighted by atomic mass is 10.1. The summed E-state index contributed by atoms with van der Waals surface area (Å²) < 4.78 is 1.59. The minimum absolute atomic E-state index is 0.200. The third kappa shape index (κ3) is 3.63. The van der Waals surface area contributed by atoms with Crippen LogP contribution in [0.25, 0.3) is 22.5 Å². The van der Waals surface area contributed by atoms with Crippen LogP contribution in [0.3, 0.4) is 0 Å². The fraction of sp³-hybridized carbons (Fsp3) is 0.100. The Kier molecular flexibility index (Phi) is 4.76. The molecule has 0 unspecified atom stereocenters. The third-order valence-corrected chi connectivity index (χ3v) is 4.85. The number of hydrogen-bond donors (Lipinski definition) is 1. The van der Waals surface area contributed by atoms with Gasteiger partial charge in [0.05, 0.1) is 23.6 Å². The molecule has 0 saturated heterocycles. The van der Waals surface area contributed by atoms with Crippen LogP contribution in [-0.2, 0) is 13.6 Å². The molecule has 0 bridgehead atoms. The summed E-state index contributed by atoms with van der Waals surface area (Å²) in [5.41, 5.74) is 4.75. The molecule has 0 saturated carbocycles. The van der Waals surface area contributed by atoms with Crippen LogP contribution in [0.2, 0.25) is 0 Å². The molecule has 27 heavy (non-hydrogen) atoms. The fourth-order valence-electron chi connectivity index (χ4n) is 2.82. The zero-order chi connectivity index (χ0) is 18.6. The molecule has 0 radical (unpaired) electrons. The Hall–Kier alpha value is -3.32. The molecule has 1 amide bonds. The molecular formula is C20H17N5OS. The largest absolute Gasteiger partial charge is 0.345 e. The number of carbonyl (C=O) groups is 1. The van der Waals surface area contributed by atoms with Crippen molar-refractivity contribution in [1.29, 1.82) is 0 Å². The molecular weight excluding hydrogens is 358 g/mol. The van der Waals surface area contributed by atoms with Gasteiger partial charge in [-0.05, 0) is 17.5 Å². The van der Waals surface area contributed by atoms with Crippen molar-refractivity contribution in [1.82, 2.24) is 25.1 Å². The molecule has 3 aromatic heterocycles. The molecule has 0 fully saturated rings. The molecule has 0 aliphatic rings. The van der Waals surface area contributed by atoms with E-state index in [0.717, 1.165) is 28.2 Å². The monoisotopic (exact) mass is 375 g/mol. The smallest absolute Gasteiger partial charge is 0.269 e. The Balaban J connectivity index is 1.52.